The predicted octanol–water partition coefficient (Wildman–Crippen LogP) is 3.40. The number of urea groups is 1. The SMILES string of the molecule is O=C(CSc1nc(C2CC2)n(-c2ccccc2)n1)NC(=O)NC1CCCCC1. The lowest BCUT2D eigenvalue weighted by atomic mass is 9.96. The van der Waals surface area contributed by atoms with E-state index >= 15 is 0 Å². The van der Waals surface area contributed by atoms with Crippen molar-refractivity contribution in [1.29, 1.82) is 0 Å². The van der Waals surface area contributed by atoms with Crippen molar-refractivity contribution in [2.45, 2.75) is 62.1 Å². The summed E-state index contributed by atoms with van der Waals surface area (Å²) < 4.78 is 1.87. The third kappa shape index (κ3) is 4.92. The van der Waals surface area contributed by atoms with Gasteiger partial charge in [0.15, 0.2) is 0 Å². The summed E-state index contributed by atoms with van der Waals surface area (Å²) in [5.41, 5.74) is 0.972. The molecule has 2 aliphatic rings. The van der Waals surface area contributed by atoms with Crippen molar-refractivity contribution in [3.05, 3.63) is 36.2 Å². The highest BCUT2D eigenvalue weighted by molar-refractivity contribution is 7.99. The molecule has 1 aromatic carbocycles. The Morgan fingerprint density at radius 2 is 1.82 bits per heavy atom. The van der Waals surface area contributed by atoms with Crippen LogP contribution in [0.15, 0.2) is 35.5 Å². The highest BCUT2D eigenvalue weighted by atomic mass is 32.2. The highest BCUT2D eigenvalue weighted by Crippen LogP contribution is 2.40. The molecular weight excluding hydrogens is 374 g/mol. The van der Waals surface area contributed by atoms with Gasteiger partial charge in [-0.25, -0.2) is 14.5 Å². The van der Waals surface area contributed by atoms with E-state index in [4.69, 9.17) is 0 Å². The van der Waals surface area contributed by atoms with E-state index in [-0.39, 0.29) is 17.7 Å². The number of benzene rings is 1. The smallest absolute Gasteiger partial charge is 0.321 e. The average molecular weight is 400 g/mol. The first-order valence-electron chi connectivity index (χ1n) is 9.94. The average Bonchev–Trinajstić information content (AvgIpc) is 3.47. The molecule has 1 heterocycles. The van der Waals surface area contributed by atoms with Gasteiger partial charge in [0.05, 0.1) is 11.4 Å². The first-order chi connectivity index (χ1) is 13.7. The van der Waals surface area contributed by atoms with Gasteiger partial charge in [0, 0.05) is 12.0 Å². The minimum atomic E-state index is -0.404. The van der Waals surface area contributed by atoms with E-state index in [1.807, 2.05) is 35.0 Å². The number of carbonyl (C=O) groups excluding carboxylic acids is 2. The molecule has 0 radical (unpaired) electrons. The molecule has 148 valence electrons. The van der Waals surface area contributed by atoms with Crippen LogP contribution in [0.4, 0.5) is 4.79 Å². The fourth-order valence-electron chi connectivity index (χ4n) is 3.49. The molecule has 2 fully saturated rings. The predicted molar refractivity (Wildman–Crippen MR) is 108 cm³/mol. The van der Waals surface area contributed by atoms with Crippen LogP contribution in [0.5, 0.6) is 0 Å². The summed E-state index contributed by atoms with van der Waals surface area (Å²) in [6.07, 6.45) is 7.71. The van der Waals surface area contributed by atoms with Gasteiger partial charge in [-0.05, 0) is 37.8 Å². The van der Waals surface area contributed by atoms with Crippen molar-refractivity contribution < 1.29 is 9.59 Å². The van der Waals surface area contributed by atoms with Gasteiger partial charge in [-0.1, -0.05) is 49.2 Å². The van der Waals surface area contributed by atoms with Crippen LogP contribution >= 0.6 is 11.8 Å². The molecule has 0 bridgehead atoms. The number of hydrogen-bond acceptors (Lipinski definition) is 5. The third-order valence-corrected chi connectivity index (χ3v) is 5.92. The lowest BCUT2D eigenvalue weighted by molar-refractivity contribution is -0.117. The van der Waals surface area contributed by atoms with E-state index < -0.39 is 6.03 Å². The van der Waals surface area contributed by atoms with Crippen LogP contribution in [-0.4, -0.2) is 38.5 Å². The Hall–Kier alpha value is -2.35. The molecule has 0 unspecified atom stereocenters. The molecule has 2 saturated carbocycles. The van der Waals surface area contributed by atoms with E-state index in [2.05, 4.69) is 20.7 Å². The van der Waals surface area contributed by atoms with Crippen LogP contribution in [0, 0.1) is 0 Å². The summed E-state index contributed by atoms with van der Waals surface area (Å²) in [7, 11) is 0. The maximum Gasteiger partial charge on any atom is 0.321 e. The molecule has 3 amide bonds. The van der Waals surface area contributed by atoms with Gasteiger partial charge in [-0.3, -0.25) is 10.1 Å². The van der Waals surface area contributed by atoms with Gasteiger partial charge in [-0.2, -0.15) is 0 Å². The fraction of sp³-hybridized carbons (Fsp3) is 0.500. The first kappa shape index (κ1) is 19.0. The van der Waals surface area contributed by atoms with Crippen molar-refractivity contribution in [2.75, 3.05) is 5.75 Å². The Morgan fingerprint density at radius 3 is 2.54 bits per heavy atom. The summed E-state index contributed by atoms with van der Waals surface area (Å²) in [5, 5.41) is 10.4. The van der Waals surface area contributed by atoms with Crippen LogP contribution in [0.1, 0.15) is 56.7 Å². The molecule has 7 nitrogen and oxygen atoms in total. The Labute approximate surface area is 168 Å². The van der Waals surface area contributed by atoms with Gasteiger partial charge < -0.3 is 5.32 Å². The zero-order valence-electron chi connectivity index (χ0n) is 15.8. The number of thioether (sulfide) groups is 1. The van der Waals surface area contributed by atoms with E-state index in [0.29, 0.717) is 11.1 Å². The second-order valence-electron chi connectivity index (χ2n) is 7.42. The Kier molecular flexibility index (Phi) is 5.95. The second kappa shape index (κ2) is 8.77. The van der Waals surface area contributed by atoms with Gasteiger partial charge in [0.25, 0.3) is 0 Å². The Balaban J connectivity index is 1.32. The number of nitrogens with one attached hydrogen (secondary N) is 2. The molecule has 2 N–H and O–H groups in total. The van der Waals surface area contributed by atoms with Gasteiger partial charge in [-0.15, -0.1) is 5.10 Å². The molecule has 28 heavy (non-hydrogen) atoms. The maximum atomic E-state index is 12.1. The molecule has 4 rings (SSSR count). The monoisotopic (exact) mass is 399 g/mol. The normalized spacial score (nSPS) is 17.3. The van der Waals surface area contributed by atoms with E-state index in [1.54, 1.807) is 0 Å². The largest absolute Gasteiger partial charge is 0.335 e. The van der Waals surface area contributed by atoms with Gasteiger partial charge in [0.1, 0.15) is 5.82 Å². The van der Waals surface area contributed by atoms with Crippen molar-refractivity contribution in [2.24, 2.45) is 0 Å². The summed E-state index contributed by atoms with van der Waals surface area (Å²) in [6.45, 7) is 0. The lowest BCUT2D eigenvalue weighted by Crippen LogP contribution is -2.45. The van der Waals surface area contributed by atoms with Crippen molar-refractivity contribution in [3.8, 4) is 5.69 Å². The minimum absolute atomic E-state index is 0.112. The Bertz CT molecular complexity index is 828. The summed E-state index contributed by atoms with van der Waals surface area (Å²) >= 11 is 1.26. The lowest BCUT2D eigenvalue weighted by Gasteiger charge is -2.22. The summed E-state index contributed by atoms with van der Waals surface area (Å²) in [6, 6.07) is 9.68. The van der Waals surface area contributed by atoms with Crippen molar-refractivity contribution in [3.63, 3.8) is 0 Å². The standard InChI is InChI=1S/C20H25N5O2S/c26-17(22-19(27)21-15-7-3-1-4-8-15)13-28-20-23-18(14-11-12-14)25(24-20)16-9-5-2-6-10-16/h2,5-6,9-10,14-15H,1,3-4,7-8,11-13H2,(H2,21,22,26,27). The quantitative estimate of drug-likeness (QED) is 0.727. The number of rotatable bonds is 6. The maximum absolute atomic E-state index is 12.1. The topological polar surface area (TPSA) is 88.9 Å². The van der Waals surface area contributed by atoms with Crippen molar-refractivity contribution >= 4 is 23.7 Å². The summed E-state index contributed by atoms with van der Waals surface area (Å²) in [4.78, 5) is 28.7. The van der Waals surface area contributed by atoms with Crippen LogP contribution in [0.25, 0.3) is 5.69 Å². The van der Waals surface area contributed by atoms with Gasteiger partial charge >= 0.3 is 6.03 Å². The van der Waals surface area contributed by atoms with E-state index in [1.165, 1.54) is 18.2 Å². The van der Waals surface area contributed by atoms with Crippen LogP contribution in [0.2, 0.25) is 0 Å². The van der Waals surface area contributed by atoms with Gasteiger partial charge in [0.2, 0.25) is 11.1 Å². The van der Waals surface area contributed by atoms with Crippen LogP contribution in [0.3, 0.4) is 0 Å². The fourth-order valence-corrected chi connectivity index (χ4v) is 4.12. The minimum Gasteiger partial charge on any atom is -0.335 e. The molecule has 2 aliphatic carbocycles. The molecule has 2 aromatic rings. The number of aromatic nitrogens is 3. The molecule has 8 heteroatoms. The molecule has 0 atom stereocenters. The third-order valence-electron chi connectivity index (χ3n) is 5.08. The van der Waals surface area contributed by atoms with Crippen LogP contribution in [-0.2, 0) is 4.79 Å². The molecular formula is C20H25N5O2S. The van der Waals surface area contributed by atoms with E-state index in [9.17, 15) is 9.59 Å². The van der Waals surface area contributed by atoms with E-state index in [0.717, 1.165) is 50.0 Å². The zero-order valence-corrected chi connectivity index (χ0v) is 16.6. The number of imide groups is 1. The number of carbonyl (C=O) groups is 2. The zero-order chi connectivity index (χ0) is 19.3. The van der Waals surface area contributed by atoms with Crippen molar-refractivity contribution in [1.82, 2.24) is 25.4 Å². The Morgan fingerprint density at radius 1 is 1.07 bits per heavy atom. The number of nitrogens with zero attached hydrogens (tertiary/aromatic N) is 3. The first-order valence-corrected chi connectivity index (χ1v) is 10.9. The number of hydrogen-bond donors (Lipinski definition) is 2. The van der Waals surface area contributed by atoms with Crippen LogP contribution < -0.4 is 10.6 Å². The number of para-hydroxylation sites is 1. The molecule has 0 spiro atoms. The summed E-state index contributed by atoms with van der Waals surface area (Å²) in [5.74, 6) is 1.17. The second-order valence-corrected chi connectivity index (χ2v) is 8.36. The number of amides is 3. The molecule has 0 saturated heterocycles. The molecule has 1 aromatic heterocycles. The molecule has 0 aliphatic heterocycles. The highest BCUT2D eigenvalue weighted by Gasteiger charge is 2.30.